The molecule has 1 heterocycles. The highest BCUT2D eigenvalue weighted by Crippen LogP contribution is 2.33. The summed E-state index contributed by atoms with van der Waals surface area (Å²) < 4.78 is 23.3. The minimum absolute atomic E-state index is 0.144. The van der Waals surface area contributed by atoms with Crippen molar-refractivity contribution in [3.8, 4) is 0 Å². The Balaban J connectivity index is 1.58. The molecule has 7 heteroatoms. The molecule has 4 atom stereocenters. The molecule has 0 aromatic rings. The molecule has 0 radical (unpaired) electrons. The van der Waals surface area contributed by atoms with Crippen LogP contribution in [0.5, 0.6) is 0 Å². The van der Waals surface area contributed by atoms with E-state index in [9.17, 15) is 9.59 Å². The van der Waals surface area contributed by atoms with Gasteiger partial charge in [0.05, 0.1) is 6.10 Å². The Morgan fingerprint density at radius 1 is 1.06 bits per heavy atom. The fourth-order valence-corrected chi connectivity index (χ4v) is 4.04. The van der Waals surface area contributed by atoms with Crippen molar-refractivity contribution in [2.45, 2.75) is 103 Å². The number of cyclic esters (lactones) is 1. The molecule has 3 fully saturated rings. The Hall–Kier alpha value is -1.34. The van der Waals surface area contributed by atoms with E-state index in [1.165, 1.54) is 25.7 Å². The second-order valence-electron chi connectivity index (χ2n) is 10.6. The number of hydrogen-bond donors (Lipinski definition) is 1. The zero-order valence-electron chi connectivity index (χ0n) is 19.7. The second-order valence-corrected chi connectivity index (χ2v) is 10.6. The molecule has 3 aliphatic rings. The third-order valence-corrected chi connectivity index (χ3v) is 6.18. The van der Waals surface area contributed by atoms with Gasteiger partial charge in [-0.25, -0.2) is 9.59 Å². The van der Waals surface area contributed by atoms with Gasteiger partial charge in [0.15, 0.2) is 0 Å². The van der Waals surface area contributed by atoms with Gasteiger partial charge in [0, 0.05) is 19.8 Å². The summed E-state index contributed by atoms with van der Waals surface area (Å²) in [5.41, 5.74) is -0.618. The Kier molecular flexibility index (Phi) is 8.62. The van der Waals surface area contributed by atoms with Crippen LogP contribution in [0.2, 0.25) is 0 Å². The van der Waals surface area contributed by atoms with Gasteiger partial charge in [-0.2, -0.15) is 0 Å². The van der Waals surface area contributed by atoms with E-state index in [0.29, 0.717) is 18.9 Å². The average Bonchev–Trinajstić information content (AvgIpc) is 3.56. The summed E-state index contributed by atoms with van der Waals surface area (Å²) in [6.07, 6.45) is 7.05. The van der Waals surface area contributed by atoms with Crippen molar-refractivity contribution in [1.29, 1.82) is 0 Å². The fraction of sp³-hybridized carbons (Fsp3) is 0.917. The van der Waals surface area contributed by atoms with Gasteiger partial charge < -0.3 is 24.3 Å². The summed E-state index contributed by atoms with van der Waals surface area (Å²) in [4.78, 5) is 25.0. The molecule has 1 N–H and O–H groups in total. The minimum Gasteiger partial charge on any atom is -0.458 e. The topological polar surface area (TPSA) is 83.1 Å². The summed E-state index contributed by atoms with van der Waals surface area (Å²) in [6.45, 7) is 9.60. The van der Waals surface area contributed by atoms with Crippen molar-refractivity contribution in [2.24, 2.45) is 17.8 Å². The van der Waals surface area contributed by atoms with E-state index in [2.05, 4.69) is 5.32 Å². The highest BCUT2D eigenvalue weighted by molar-refractivity contribution is 5.81. The number of alkyl carbamates (subject to hydrolysis) is 1. The van der Waals surface area contributed by atoms with Crippen molar-refractivity contribution in [1.82, 2.24) is 5.32 Å². The monoisotopic (exact) mass is 439 g/mol. The molecule has 0 spiro atoms. The average molecular weight is 440 g/mol. The minimum atomic E-state index is -0.703. The zero-order valence-corrected chi connectivity index (χ0v) is 19.7. The number of nitrogens with one attached hydrogen (secondary N) is 1. The van der Waals surface area contributed by atoms with Gasteiger partial charge in [0.25, 0.3) is 0 Å². The molecular formula is C24H41NO6. The predicted molar refractivity (Wildman–Crippen MR) is 117 cm³/mol. The van der Waals surface area contributed by atoms with E-state index in [-0.39, 0.29) is 18.1 Å². The summed E-state index contributed by atoms with van der Waals surface area (Å²) in [5, 5.41) is 2.70. The third-order valence-electron chi connectivity index (χ3n) is 6.18. The standard InChI is InChI=1S/C24H41NO6/c1-16-21(29-15-18-10-11-18)19(12-13-28-14-17-8-9-17)6-5-7-20(22(26)30-16)25-23(27)31-24(2,3)4/h16-21H,5-15H2,1-4H3,(H,25,27). The van der Waals surface area contributed by atoms with E-state index in [1.807, 2.05) is 6.92 Å². The molecule has 2 aliphatic carbocycles. The number of hydrogen-bond acceptors (Lipinski definition) is 6. The molecule has 1 saturated heterocycles. The molecule has 0 aromatic carbocycles. The first kappa shape index (κ1) is 24.3. The van der Waals surface area contributed by atoms with Gasteiger partial charge in [0.1, 0.15) is 17.7 Å². The van der Waals surface area contributed by atoms with Crippen molar-refractivity contribution < 1.29 is 28.5 Å². The maximum Gasteiger partial charge on any atom is 0.408 e. The number of amides is 1. The van der Waals surface area contributed by atoms with E-state index < -0.39 is 23.7 Å². The molecule has 178 valence electrons. The number of carbonyl (C=O) groups excluding carboxylic acids is 2. The van der Waals surface area contributed by atoms with E-state index in [0.717, 1.165) is 38.4 Å². The third kappa shape index (κ3) is 8.97. The lowest BCUT2D eigenvalue weighted by molar-refractivity contribution is -0.161. The Morgan fingerprint density at radius 3 is 2.39 bits per heavy atom. The molecule has 31 heavy (non-hydrogen) atoms. The summed E-state index contributed by atoms with van der Waals surface area (Å²) in [5.74, 6) is 1.25. The van der Waals surface area contributed by atoms with Gasteiger partial charge in [-0.05, 0) is 90.4 Å². The Bertz CT molecular complexity index is 595. The van der Waals surface area contributed by atoms with E-state index in [1.54, 1.807) is 20.8 Å². The molecule has 2 saturated carbocycles. The van der Waals surface area contributed by atoms with Crippen LogP contribution in [0.25, 0.3) is 0 Å². The normalized spacial score (nSPS) is 30.0. The first-order valence-electron chi connectivity index (χ1n) is 12.1. The quantitative estimate of drug-likeness (QED) is 0.428. The number of ether oxygens (including phenoxy) is 4. The molecule has 7 nitrogen and oxygen atoms in total. The molecule has 3 rings (SSSR count). The Labute approximate surface area is 186 Å². The van der Waals surface area contributed by atoms with Crippen molar-refractivity contribution in [3.05, 3.63) is 0 Å². The Morgan fingerprint density at radius 2 is 1.74 bits per heavy atom. The van der Waals surface area contributed by atoms with Crippen LogP contribution >= 0.6 is 0 Å². The summed E-state index contributed by atoms with van der Waals surface area (Å²) in [7, 11) is 0. The maximum atomic E-state index is 12.8. The van der Waals surface area contributed by atoms with Gasteiger partial charge >= 0.3 is 12.1 Å². The van der Waals surface area contributed by atoms with Crippen LogP contribution in [0, 0.1) is 17.8 Å². The molecule has 1 amide bonds. The fourth-order valence-electron chi connectivity index (χ4n) is 4.04. The van der Waals surface area contributed by atoms with Crippen LogP contribution in [-0.4, -0.2) is 55.7 Å². The first-order chi connectivity index (χ1) is 14.7. The SMILES string of the molecule is CC1OC(=O)C(NC(=O)OC(C)(C)C)CCCC(CCOCC2CC2)C1OCC1CC1. The summed E-state index contributed by atoms with van der Waals surface area (Å²) >= 11 is 0. The molecule has 0 aromatic heterocycles. The van der Waals surface area contributed by atoms with E-state index in [4.69, 9.17) is 18.9 Å². The smallest absolute Gasteiger partial charge is 0.408 e. The summed E-state index contributed by atoms with van der Waals surface area (Å²) in [6, 6.07) is -0.703. The largest absolute Gasteiger partial charge is 0.458 e. The lowest BCUT2D eigenvalue weighted by Crippen LogP contribution is -2.46. The van der Waals surface area contributed by atoms with Gasteiger partial charge in [-0.1, -0.05) is 6.42 Å². The molecule has 4 unspecified atom stereocenters. The van der Waals surface area contributed by atoms with Crippen molar-refractivity contribution >= 4 is 12.1 Å². The van der Waals surface area contributed by atoms with Crippen molar-refractivity contribution in [3.63, 3.8) is 0 Å². The zero-order chi connectivity index (χ0) is 22.4. The highest BCUT2D eigenvalue weighted by atomic mass is 16.6. The van der Waals surface area contributed by atoms with Gasteiger partial charge in [0.2, 0.25) is 0 Å². The van der Waals surface area contributed by atoms with Crippen LogP contribution in [0.4, 0.5) is 4.79 Å². The lowest BCUT2D eigenvalue weighted by Gasteiger charge is -2.31. The number of rotatable bonds is 9. The van der Waals surface area contributed by atoms with Crippen LogP contribution in [0.1, 0.15) is 79.1 Å². The van der Waals surface area contributed by atoms with Crippen LogP contribution in [0.3, 0.4) is 0 Å². The predicted octanol–water partition coefficient (Wildman–Crippen LogP) is 4.22. The number of esters is 1. The molecule has 1 aliphatic heterocycles. The van der Waals surface area contributed by atoms with Crippen LogP contribution < -0.4 is 5.32 Å². The number of carbonyl (C=O) groups is 2. The molecular weight excluding hydrogens is 398 g/mol. The van der Waals surface area contributed by atoms with Crippen LogP contribution in [0.15, 0.2) is 0 Å². The van der Waals surface area contributed by atoms with Gasteiger partial charge in [-0.15, -0.1) is 0 Å². The maximum absolute atomic E-state index is 12.8. The molecule has 0 bridgehead atoms. The van der Waals surface area contributed by atoms with Crippen LogP contribution in [-0.2, 0) is 23.7 Å². The van der Waals surface area contributed by atoms with Gasteiger partial charge in [-0.3, -0.25) is 0 Å². The highest BCUT2D eigenvalue weighted by Gasteiger charge is 2.36. The lowest BCUT2D eigenvalue weighted by atomic mass is 9.89. The van der Waals surface area contributed by atoms with E-state index >= 15 is 0 Å². The first-order valence-corrected chi connectivity index (χ1v) is 12.1. The van der Waals surface area contributed by atoms with Crippen molar-refractivity contribution in [2.75, 3.05) is 19.8 Å². The second kappa shape index (κ2) is 11.0.